The van der Waals surface area contributed by atoms with Gasteiger partial charge in [-0.15, -0.1) is 0 Å². The number of carbonyl (C=O) groups is 1. The lowest BCUT2D eigenvalue weighted by Gasteiger charge is -2.31. The molecule has 1 aromatic carbocycles. The number of ether oxygens (including phenoxy) is 3. The highest BCUT2D eigenvalue weighted by Crippen LogP contribution is 2.32. The van der Waals surface area contributed by atoms with E-state index in [0.717, 1.165) is 11.1 Å². The third-order valence-corrected chi connectivity index (χ3v) is 5.46. The highest BCUT2D eigenvalue weighted by atomic mass is 19.1. The van der Waals surface area contributed by atoms with E-state index in [1.54, 1.807) is 36.4 Å². The quantitative estimate of drug-likeness (QED) is 0.495. The van der Waals surface area contributed by atoms with E-state index in [9.17, 15) is 9.18 Å². The third-order valence-electron chi connectivity index (χ3n) is 5.46. The van der Waals surface area contributed by atoms with Crippen LogP contribution in [0, 0.1) is 12.7 Å². The second kappa shape index (κ2) is 10.5. The van der Waals surface area contributed by atoms with Gasteiger partial charge in [-0.25, -0.2) is 19.2 Å². The fraction of sp³-hybridized carbons (Fsp3) is 0.360. The van der Waals surface area contributed by atoms with Crippen LogP contribution in [0.3, 0.4) is 0 Å². The van der Waals surface area contributed by atoms with Crippen LogP contribution in [-0.4, -0.2) is 51.2 Å². The summed E-state index contributed by atoms with van der Waals surface area (Å²) in [4.78, 5) is 26.1. The van der Waals surface area contributed by atoms with Crippen molar-refractivity contribution in [2.24, 2.45) is 0 Å². The van der Waals surface area contributed by atoms with Crippen LogP contribution in [0.5, 0.6) is 17.5 Å². The Balaban J connectivity index is 1.40. The van der Waals surface area contributed by atoms with Gasteiger partial charge in [0.25, 0.3) is 0 Å². The van der Waals surface area contributed by atoms with Crippen molar-refractivity contribution in [1.29, 1.82) is 0 Å². The van der Waals surface area contributed by atoms with E-state index in [1.807, 2.05) is 26.0 Å². The Bertz CT molecular complexity index is 1140. The van der Waals surface area contributed by atoms with E-state index >= 15 is 0 Å². The Hall–Kier alpha value is -3.75. The van der Waals surface area contributed by atoms with Gasteiger partial charge in [-0.1, -0.05) is 6.07 Å². The first-order valence-corrected chi connectivity index (χ1v) is 11.2. The number of nitrogens with zero attached hydrogens (tertiary/aromatic N) is 4. The first kappa shape index (κ1) is 23.4. The number of pyridine rings is 1. The summed E-state index contributed by atoms with van der Waals surface area (Å²) in [6.45, 7) is 6.50. The Kier molecular flexibility index (Phi) is 7.20. The highest BCUT2D eigenvalue weighted by Gasteiger charge is 2.26. The van der Waals surface area contributed by atoms with Gasteiger partial charge in [-0.05, 0) is 56.2 Å². The maximum Gasteiger partial charge on any atom is 0.410 e. The number of carbonyl (C=O) groups excluding carboxylic acids is 1. The van der Waals surface area contributed by atoms with Gasteiger partial charge in [-0.3, -0.25) is 4.98 Å². The van der Waals surface area contributed by atoms with Crippen molar-refractivity contribution in [2.75, 3.05) is 13.1 Å². The monoisotopic (exact) mass is 466 g/mol. The topological polar surface area (TPSA) is 86.7 Å². The van der Waals surface area contributed by atoms with Crippen LogP contribution in [0.4, 0.5) is 9.18 Å². The zero-order valence-electron chi connectivity index (χ0n) is 19.4. The number of hydrogen-bond acceptors (Lipinski definition) is 7. The number of halogens is 1. The lowest BCUT2D eigenvalue weighted by molar-refractivity contribution is 0.0505. The summed E-state index contributed by atoms with van der Waals surface area (Å²) in [7, 11) is 0. The molecule has 0 unspecified atom stereocenters. The smallest absolute Gasteiger partial charge is 0.410 e. The fourth-order valence-electron chi connectivity index (χ4n) is 3.64. The fourth-order valence-corrected chi connectivity index (χ4v) is 3.64. The zero-order valence-corrected chi connectivity index (χ0v) is 19.4. The molecule has 0 saturated carbocycles. The van der Waals surface area contributed by atoms with Crippen LogP contribution >= 0.6 is 0 Å². The summed E-state index contributed by atoms with van der Waals surface area (Å²) >= 11 is 0. The van der Waals surface area contributed by atoms with E-state index in [4.69, 9.17) is 14.2 Å². The Morgan fingerprint density at radius 3 is 2.44 bits per heavy atom. The van der Waals surface area contributed by atoms with Crippen molar-refractivity contribution in [3.05, 3.63) is 60.4 Å². The molecule has 0 bridgehead atoms. The average Bonchev–Trinajstić information content (AvgIpc) is 2.83. The Morgan fingerprint density at radius 2 is 1.76 bits per heavy atom. The van der Waals surface area contributed by atoms with Crippen LogP contribution < -0.4 is 9.47 Å². The van der Waals surface area contributed by atoms with Crippen molar-refractivity contribution < 1.29 is 23.4 Å². The van der Waals surface area contributed by atoms with Gasteiger partial charge in [0.2, 0.25) is 11.8 Å². The lowest BCUT2D eigenvalue weighted by atomic mass is 10.1. The summed E-state index contributed by atoms with van der Waals surface area (Å²) in [6.07, 6.45) is 5.38. The molecule has 3 aromatic rings. The van der Waals surface area contributed by atoms with Crippen molar-refractivity contribution in [3.8, 4) is 28.6 Å². The molecular formula is C25H27FN4O4. The molecule has 2 aromatic heterocycles. The molecule has 0 radical (unpaired) electrons. The van der Waals surface area contributed by atoms with Crippen LogP contribution in [0.25, 0.3) is 11.1 Å². The molecular weight excluding hydrogens is 439 g/mol. The van der Waals surface area contributed by atoms with Gasteiger partial charge >= 0.3 is 6.09 Å². The molecule has 1 aliphatic rings. The molecule has 3 heterocycles. The van der Waals surface area contributed by atoms with Gasteiger partial charge in [0, 0.05) is 38.3 Å². The van der Waals surface area contributed by atoms with Gasteiger partial charge < -0.3 is 19.1 Å². The maximum atomic E-state index is 14.7. The molecule has 4 rings (SSSR count). The summed E-state index contributed by atoms with van der Waals surface area (Å²) in [5.74, 6) is 0.151. The Labute approximate surface area is 197 Å². The molecule has 0 aliphatic carbocycles. The predicted octanol–water partition coefficient (Wildman–Crippen LogP) is 5.17. The van der Waals surface area contributed by atoms with Crippen molar-refractivity contribution in [3.63, 3.8) is 0 Å². The highest BCUT2D eigenvalue weighted by molar-refractivity contribution is 5.68. The van der Waals surface area contributed by atoms with Gasteiger partial charge in [0.15, 0.2) is 11.6 Å². The zero-order chi connectivity index (χ0) is 24.1. The predicted molar refractivity (Wildman–Crippen MR) is 123 cm³/mol. The van der Waals surface area contributed by atoms with E-state index in [2.05, 4.69) is 15.0 Å². The van der Waals surface area contributed by atoms with Crippen LogP contribution in [0.1, 0.15) is 32.3 Å². The summed E-state index contributed by atoms with van der Waals surface area (Å²) in [5, 5.41) is 0. The van der Waals surface area contributed by atoms with Crippen molar-refractivity contribution in [1.82, 2.24) is 19.9 Å². The molecule has 1 amide bonds. The van der Waals surface area contributed by atoms with Crippen molar-refractivity contribution in [2.45, 2.75) is 45.8 Å². The number of rotatable bonds is 6. The van der Waals surface area contributed by atoms with Gasteiger partial charge in [-0.2, -0.15) is 0 Å². The van der Waals surface area contributed by atoms with Crippen LogP contribution in [0.15, 0.2) is 49.1 Å². The second-order valence-electron chi connectivity index (χ2n) is 8.33. The number of benzene rings is 1. The molecule has 1 aliphatic heterocycles. The minimum Gasteiger partial charge on any atom is -0.474 e. The van der Waals surface area contributed by atoms with E-state index in [0.29, 0.717) is 37.4 Å². The summed E-state index contributed by atoms with van der Waals surface area (Å²) in [6, 6.07) is 8.38. The second-order valence-corrected chi connectivity index (χ2v) is 8.33. The van der Waals surface area contributed by atoms with E-state index < -0.39 is 5.82 Å². The first-order chi connectivity index (χ1) is 16.4. The van der Waals surface area contributed by atoms with Gasteiger partial charge in [0.1, 0.15) is 12.4 Å². The van der Waals surface area contributed by atoms with Gasteiger partial charge in [0.05, 0.1) is 11.7 Å². The van der Waals surface area contributed by atoms with Crippen LogP contribution in [0.2, 0.25) is 0 Å². The minimum absolute atomic E-state index is 0.0579. The molecule has 1 fully saturated rings. The van der Waals surface area contributed by atoms with E-state index in [1.165, 1.54) is 12.4 Å². The third kappa shape index (κ3) is 5.59. The molecule has 0 atom stereocenters. The van der Waals surface area contributed by atoms with Crippen LogP contribution in [-0.2, 0) is 4.74 Å². The van der Waals surface area contributed by atoms with E-state index in [-0.39, 0.29) is 29.9 Å². The molecule has 1 saturated heterocycles. The lowest BCUT2D eigenvalue weighted by Crippen LogP contribution is -2.42. The Morgan fingerprint density at radius 1 is 1.06 bits per heavy atom. The maximum absolute atomic E-state index is 14.7. The molecule has 0 N–H and O–H groups in total. The van der Waals surface area contributed by atoms with Crippen molar-refractivity contribution >= 4 is 6.09 Å². The molecule has 9 heteroatoms. The molecule has 0 spiro atoms. The minimum atomic E-state index is -0.504. The average molecular weight is 467 g/mol. The SMILES string of the molecule is Cc1c(Oc2ccc(-c3ccncc3)cc2F)ncnc1OC1CCN(C(=O)OC(C)C)CC1. The normalized spacial score (nSPS) is 14.2. The first-order valence-electron chi connectivity index (χ1n) is 11.2. The largest absolute Gasteiger partial charge is 0.474 e. The molecule has 8 nitrogen and oxygen atoms in total. The molecule has 178 valence electrons. The number of likely N-dealkylation sites (tertiary alicyclic amines) is 1. The number of amides is 1. The standard InChI is InChI=1S/C25H27FN4O4/c1-16(2)32-25(31)30-12-8-20(9-13-30)33-23-17(3)24(29-15-28-23)34-22-5-4-19(14-21(22)26)18-6-10-27-11-7-18/h4-7,10-11,14-16,20H,8-9,12-13H2,1-3H3. The number of hydrogen-bond donors (Lipinski definition) is 0. The summed E-state index contributed by atoms with van der Waals surface area (Å²) in [5.41, 5.74) is 2.15. The molecule has 34 heavy (non-hydrogen) atoms. The number of aromatic nitrogens is 3. The number of piperidine rings is 1. The summed E-state index contributed by atoms with van der Waals surface area (Å²) < 4.78 is 31.8.